The first-order valence-corrected chi connectivity index (χ1v) is 8.98. The molecule has 1 aliphatic rings. The van der Waals surface area contributed by atoms with Gasteiger partial charge in [0.1, 0.15) is 5.75 Å². The van der Waals surface area contributed by atoms with E-state index < -0.39 is 6.10 Å². The number of nitrogens with one attached hydrogen (secondary N) is 1. The van der Waals surface area contributed by atoms with Crippen LogP contribution in [0.25, 0.3) is 0 Å². The summed E-state index contributed by atoms with van der Waals surface area (Å²) < 4.78 is 6.09. The van der Waals surface area contributed by atoms with E-state index in [0.717, 1.165) is 43.8 Å². The highest BCUT2D eigenvalue weighted by atomic mass is 16.5. The van der Waals surface area contributed by atoms with Gasteiger partial charge < -0.3 is 15.0 Å². The zero-order valence-corrected chi connectivity index (χ0v) is 14.7. The van der Waals surface area contributed by atoms with Crippen LogP contribution in [-0.4, -0.2) is 37.5 Å². The second kappa shape index (κ2) is 8.67. The van der Waals surface area contributed by atoms with Crippen LogP contribution in [0, 0.1) is 5.92 Å². The first kappa shape index (κ1) is 17.5. The van der Waals surface area contributed by atoms with Gasteiger partial charge in [0.2, 0.25) is 6.10 Å². The second-order valence-electron chi connectivity index (χ2n) is 6.55. The molecule has 0 aromatic heterocycles. The minimum Gasteiger partial charge on any atom is -0.476 e. The maximum Gasteiger partial charge on any atom is 0.268 e. The van der Waals surface area contributed by atoms with E-state index in [-0.39, 0.29) is 5.91 Å². The summed E-state index contributed by atoms with van der Waals surface area (Å²) in [7, 11) is 1.98. The lowest BCUT2D eigenvalue weighted by Gasteiger charge is -2.34. The number of carbonyl (C=O) groups excluding carboxylic acids is 1. The number of ether oxygens (including phenoxy) is 1. The van der Waals surface area contributed by atoms with E-state index in [9.17, 15) is 4.79 Å². The van der Waals surface area contributed by atoms with E-state index in [1.165, 1.54) is 0 Å². The predicted octanol–water partition coefficient (Wildman–Crippen LogP) is 3.26. The molecule has 0 saturated carbocycles. The van der Waals surface area contributed by atoms with Gasteiger partial charge in [0.15, 0.2) is 0 Å². The van der Waals surface area contributed by atoms with Gasteiger partial charge in [0.05, 0.1) is 0 Å². The van der Waals surface area contributed by atoms with E-state index in [1.54, 1.807) is 0 Å². The molecule has 0 aliphatic carbocycles. The van der Waals surface area contributed by atoms with Crippen molar-refractivity contribution in [3.63, 3.8) is 0 Å². The van der Waals surface area contributed by atoms with Crippen molar-refractivity contribution in [1.82, 2.24) is 10.2 Å². The van der Waals surface area contributed by atoms with E-state index in [0.29, 0.717) is 5.92 Å². The minimum absolute atomic E-state index is 0.0537. The summed E-state index contributed by atoms with van der Waals surface area (Å²) in [6, 6.07) is 19.3. The Kier molecular flexibility index (Phi) is 6.07. The molecule has 0 bridgehead atoms. The first-order chi connectivity index (χ1) is 12.3. The summed E-state index contributed by atoms with van der Waals surface area (Å²) >= 11 is 0. The van der Waals surface area contributed by atoms with Crippen LogP contribution >= 0.6 is 0 Å². The Labute approximate surface area is 149 Å². The predicted molar refractivity (Wildman–Crippen MR) is 99.5 cm³/mol. The number of piperidine rings is 1. The molecule has 0 radical (unpaired) electrons. The third-order valence-corrected chi connectivity index (χ3v) is 4.74. The van der Waals surface area contributed by atoms with Crippen LogP contribution in [0.4, 0.5) is 0 Å². The number of para-hydroxylation sites is 1. The van der Waals surface area contributed by atoms with Crippen molar-refractivity contribution in [2.24, 2.45) is 5.92 Å². The number of amides is 1. The molecule has 3 rings (SSSR count). The zero-order chi connectivity index (χ0) is 17.5. The number of rotatable bonds is 6. The van der Waals surface area contributed by atoms with Gasteiger partial charge in [-0.1, -0.05) is 48.5 Å². The normalized spacial score (nSPS) is 16.4. The van der Waals surface area contributed by atoms with Crippen LogP contribution in [0.5, 0.6) is 5.75 Å². The maximum absolute atomic E-state index is 13.2. The topological polar surface area (TPSA) is 41.6 Å². The lowest BCUT2D eigenvalue weighted by Crippen LogP contribution is -2.43. The van der Waals surface area contributed by atoms with Crippen molar-refractivity contribution in [2.45, 2.75) is 18.9 Å². The molecule has 1 saturated heterocycles. The summed E-state index contributed by atoms with van der Waals surface area (Å²) in [5.74, 6) is 1.42. The monoisotopic (exact) mass is 338 g/mol. The molecule has 1 atom stereocenters. The molecule has 1 aliphatic heterocycles. The number of hydrogen-bond acceptors (Lipinski definition) is 3. The van der Waals surface area contributed by atoms with Gasteiger partial charge in [-0.15, -0.1) is 0 Å². The van der Waals surface area contributed by atoms with Crippen LogP contribution in [0.15, 0.2) is 60.7 Å². The number of nitrogens with zero attached hydrogens (tertiary/aromatic N) is 1. The molecule has 1 unspecified atom stereocenters. The Morgan fingerprint density at radius 2 is 1.68 bits per heavy atom. The molecule has 2 aromatic carbocycles. The number of hydrogen-bond donors (Lipinski definition) is 1. The van der Waals surface area contributed by atoms with Crippen LogP contribution in [0.3, 0.4) is 0 Å². The Hall–Kier alpha value is -2.33. The number of likely N-dealkylation sites (tertiary alicyclic amines) is 1. The average Bonchev–Trinajstić information content (AvgIpc) is 2.68. The summed E-state index contributed by atoms with van der Waals surface area (Å²) in [5, 5.41) is 3.23. The molecule has 4 nitrogen and oxygen atoms in total. The average molecular weight is 338 g/mol. The zero-order valence-electron chi connectivity index (χ0n) is 14.7. The third-order valence-electron chi connectivity index (χ3n) is 4.74. The molecule has 132 valence electrons. The maximum atomic E-state index is 13.2. The fourth-order valence-corrected chi connectivity index (χ4v) is 3.34. The van der Waals surface area contributed by atoms with Crippen molar-refractivity contribution < 1.29 is 9.53 Å². The molecule has 2 aromatic rings. The van der Waals surface area contributed by atoms with Crippen molar-refractivity contribution in [3.05, 3.63) is 66.2 Å². The number of benzene rings is 2. The highest BCUT2D eigenvalue weighted by Gasteiger charge is 2.30. The third kappa shape index (κ3) is 4.60. The summed E-state index contributed by atoms with van der Waals surface area (Å²) in [6.45, 7) is 2.62. The minimum atomic E-state index is -0.593. The van der Waals surface area contributed by atoms with Gasteiger partial charge >= 0.3 is 0 Å². The lowest BCUT2D eigenvalue weighted by molar-refractivity contribution is -0.140. The Morgan fingerprint density at radius 3 is 2.28 bits per heavy atom. The van der Waals surface area contributed by atoms with Crippen LogP contribution in [0.2, 0.25) is 0 Å². The van der Waals surface area contributed by atoms with Crippen LogP contribution < -0.4 is 10.1 Å². The van der Waals surface area contributed by atoms with Crippen LogP contribution in [-0.2, 0) is 4.79 Å². The SMILES string of the molecule is CNCC1CCN(C(=O)C(Oc2ccccc2)c2ccccc2)CC1. The molecular weight excluding hydrogens is 312 g/mol. The molecule has 4 heteroatoms. The standard InChI is InChI=1S/C21H26N2O2/c1-22-16-17-12-14-23(15-13-17)21(24)20(18-8-4-2-5-9-18)25-19-10-6-3-7-11-19/h2-11,17,20,22H,12-16H2,1H3. The summed E-state index contributed by atoms with van der Waals surface area (Å²) in [6.07, 6.45) is 1.49. The Morgan fingerprint density at radius 1 is 1.08 bits per heavy atom. The largest absolute Gasteiger partial charge is 0.476 e. The van der Waals surface area contributed by atoms with Gasteiger partial charge in [0, 0.05) is 18.7 Å². The lowest BCUT2D eigenvalue weighted by atomic mass is 9.96. The highest BCUT2D eigenvalue weighted by molar-refractivity contribution is 5.82. The molecule has 0 spiro atoms. The number of carbonyl (C=O) groups is 1. The van der Waals surface area contributed by atoms with Gasteiger partial charge in [-0.3, -0.25) is 4.79 Å². The van der Waals surface area contributed by atoms with Gasteiger partial charge in [-0.25, -0.2) is 0 Å². The van der Waals surface area contributed by atoms with E-state index >= 15 is 0 Å². The smallest absolute Gasteiger partial charge is 0.268 e. The van der Waals surface area contributed by atoms with Gasteiger partial charge in [-0.05, 0) is 44.5 Å². The molecule has 1 N–H and O–H groups in total. The molecule has 25 heavy (non-hydrogen) atoms. The van der Waals surface area contributed by atoms with Gasteiger partial charge in [-0.2, -0.15) is 0 Å². The van der Waals surface area contributed by atoms with Crippen molar-refractivity contribution in [3.8, 4) is 5.75 Å². The highest BCUT2D eigenvalue weighted by Crippen LogP contribution is 2.26. The van der Waals surface area contributed by atoms with E-state index in [4.69, 9.17) is 4.74 Å². The quantitative estimate of drug-likeness (QED) is 0.879. The van der Waals surface area contributed by atoms with Crippen LogP contribution in [0.1, 0.15) is 24.5 Å². The van der Waals surface area contributed by atoms with Crippen molar-refractivity contribution >= 4 is 5.91 Å². The summed E-state index contributed by atoms with van der Waals surface area (Å²) in [4.78, 5) is 15.1. The first-order valence-electron chi connectivity index (χ1n) is 8.98. The molecule has 1 fully saturated rings. The molecule has 1 heterocycles. The van der Waals surface area contributed by atoms with Crippen molar-refractivity contribution in [1.29, 1.82) is 0 Å². The fraction of sp³-hybridized carbons (Fsp3) is 0.381. The second-order valence-corrected chi connectivity index (χ2v) is 6.55. The van der Waals surface area contributed by atoms with E-state index in [1.807, 2.05) is 72.6 Å². The Balaban J connectivity index is 1.74. The molecular formula is C21H26N2O2. The Bertz CT molecular complexity index is 652. The summed E-state index contributed by atoms with van der Waals surface area (Å²) in [5.41, 5.74) is 0.897. The van der Waals surface area contributed by atoms with E-state index in [2.05, 4.69) is 5.32 Å². The van der Waals surface area contributed by atoms with Crippen molar-refractivity contribution in [2.75, 3.05) is 26.7 Å². The molecule has 1 amide bonds. The fourth-order valence-electron chi connectivity index (χ4n) is 3.34. The van der Waals surface area contributed by atoms with Gasteiger partial charge in [0.25, 0.3) is 5.91 Å².